The third-order valence-corrected chi connectivity index (χ3v) is 11.2. The summed E-state index contributed by atoms with van der Waals surface area (Å²) in [5.41, 5.74) is 7.42. The number of allylic oxidation sites excluding steroid dienone is 1. The lowest BCUT2D eigenvalue weighted by atomic mass is 9.79. The van der Waals surface area contributed by atoms with E-state index in [2.05, 4.69) is 88.3 Å². The number of aliphatic imine (C=N–C) groups is 1. The third kappa shape index (κ3) is 9.11. The number of carbonyl (C=O) groups is 2. The molecule has 0 saturated carbocycles. The van der Waals surface area contributed by atoms with Gasteiger partial charge in [-0.05, 0) is 112 Å². The highest BCUT2D eigenvalue weighted by Crippen LogP contribution is 2.35. The second kappa shape index (κ2) is 16.2. The number of aryl methyl sites for hydroxylation is 1. The van der Waals surface area contributed by atoms with Crippen LogP contribution in [0.5, 0.6) is 0 Å². The molecule has 1 saturated heterocycles. The Morgan fingerprint density at radius 3 is 2.58 bits per heavy atom. The van der Waals surface area contributed by atoms with Gasteiger partial charge in [-0.1, -0.05) is 63.1 Å². The molecule has 0 N–H and O–H groups in total. The maximum Gasteiger partial charge on any atom is 0.201 e. The molecular weight excluding hydrogens is 592 g/mol. The Kier molecular flexibility index (Phi) is 12.1. The van der Waals surface area contributed by atoms with Crippen molar-refractivity contribution in [2.24, 2.45) is 22.2 Å². The van der Waals surface area contributed by atoms with Crippen LogP contribution in [-0.2, 0) is 12.8 Å². The fourth-order valence-electron chi connectivity index (χ4n) is 8.21. The van der Waals surface area contributed by atoms with Crippen molar-refractivity contribution in [2.45, 2.75) is 105 Å². The van der Waals surface area contributed by atoms with Crippen molar-refractivity contribution < 1.29 is 14.0 Å². The number of unbranched alkanes of at least 4 members (excludes halogenated alkanes) is 2. The lowest BCUT2D eigenvalue weighted by molar-refractivity contribution is 0.0887. The summed E-state index contributed by atoms with van der Waals surface area (Å²) in [5, 5.41) is 0. The summed E-state index contributed by atoms with van der Waals surface area (Å²) in [6.07, 6.45) is 17.4. The zero-order chi connectivity index (χ0) is 34.1. The Morgan fingerprint density at radius 1 is 1.00 bits per heavy atom. The van der Waals surface area contributed by atoms with E-state index in [9.17, 15) is 9.59 Å². The Morgan fingerprint density at radius 2 is 1.83 bits per heavy atom. The van der Waals surface area contributed by atoms with Gasteiger partial charge in [-0.2, -0.15) is 0 Å². The van der Waals surface area contributed by atoms with Crippen molar-refractivity contribution in [3.8, 4) is 0 Å². The zero-order valence-corrected chi connectivity index (χ0v) is 30.1. The van der Waals surface area contributed by atoms with Crippen LogP contribution in [0.15, 0.2) is 82.5 Å². The van der Waals surface area contributed by atoms with Crippen LogP contribution in [0.4, 0.5) is 5.69 Å². The maximum atomic E-state index is 13.5. The molecule has 2 aromatic carbocycles. The molecule has 1 aromatic heterocycles. The molecule has 48 heavy (non-hydrogen) atoms. The van der Waals surface area contributed by atoms with E-state index in [4.69, 9.17) is 4.42 Å². The molecule has 256 valence electrons. The van der Waals surface area contributed by atoms with Crippen molar-refractivity contribution in [1.29, 1.82) is 0 Å². The number of hydrogen-bond donors (Lipinski definition) is 0. The normalized spacial score (nSPS) is 23.4. The Labute approximate surface area is 289 Å². The molecule has 5 rings (SSSR count). The van der Waals surface area contributed by atoms with Gasteiger partial charge in [0.25, 0.3) is 0 Å². The van der Waals surface area contributed by atoms with Gasteiger partial charge in [-0.3, -0.25) is 19.1 Å². The van der Waals surface area contributed by atoms with Gasteiger partial charge in [0.05, 0.1) is 26.4 Å². The largest absolute Gasteiger partial charge is 0.461 e. The standard InChI is InChI=1S/C43H57N2O3/c1-6-35(42(47)41-18-13-27-48-41)29-38-30-37(40(46)17-8-7-11-22-43(4)23-24-44-33(3)31-43)20-19-36(38)28-34-15-12-25-45(5,26-21-34)39-16-10-9-14-32(39)2/h9-10,13-14,16,18-20,23-24,27,30,34-35H,6-8,11-12,15,17,21-22,25-26,28-29,31H2,1-5H3/q+1. The van der Waals surface area contributed by atoms with E-state index in [0.29, 0.717) is 24.5 Å². The van der Waals surface area contributed by atoms with Crippen LogP contribution in [0.25, 0.3) is 0 Å². The number of quaternary nitrogens is 1. The van der Waals surface area contributed by atoms with Crippen molar-refractivity contribution in [3.05, 3.63) is 101 Å². The van der Waals surface area contributed by atoms with Crippen molar-refractivity contribution >= 4 is 23.0 Å². The number of furan rings is 1. The van der Waals surface area contributed by atoms with Gasteiger partial charge in [-0.15, -0.1) is 0 Å². The van der Waals surface area contributed by atoms with Gasteiger partial charge in [-0.25, -0.2) is 0 Å². The van der Waals surface area contributed by atoms with Crippen LogP contribution < -0.4 is 4.48 Å². The monoisotopic (exact) mass is 649 g/mol. The first-order valence-electron chi connectivity index (χ1n) is 18.4. The molecular formula is C43H57N2O3+. The molecule has 2 aliphatic rings. The molecule has 4 unspecified atom stereocenters. The third-order valence-electron chi connectivity index (χ3n) is 11.2. The minimum absolute atomic E-state index is 0.0499. The van der Waals surface area contributed by atoms with E-state index in [1.54, 1.807) is 18.4 Å². The molecule has 0 radical (unpaired) electrons. The number of Topliss-reactive ketones (excluding diaryl/α,β-unsaturated/α-hetero) is 2. The summed E-state index contributed by atoms with van der Waals surface area (Å²) in [4.78, 5) is 31.3. The molecule has 4 atom stereocenters. The number of likely N-dealkylation sites (tertiary alicyclic amines) is 1. The Bertz CT molecular complexity index is 1600. The predicted molar refractivity (Wildman–Crippen MR) is 199 cm³/mol. The fraction of sp³-hybridized carbons (Fsp3) is 0.512. The van der Waals surface area contributed by atoms with Gasteiger partial charge in [0.15, 0.2) is 11.5 Å². The van der Waals surface area contributed by atoms with Crippen LogP contribution in [-0.4, -0.2) is 37.4 Å². The topological polar surface area (TPSA) is 59.6 Å². The smallest absolute Gasteiger partial charge is 0.201 e. The van der Waals surface area contributed by atoms with Crippen molar-refractivity contribution in [2.75, 3.05) is 20.1 Å². The molecule has 3 heterocycles. The van der Waals surface area contributed by atoms with E-state index in [1.807, 2.05) is 6.20 Å². The number of rotatable bonds is 15. The summed E-state index contributed by atoms with van der Waals surface area (Å²) in [5.74, 6) is 1.08. The minimum Gasteiger partial charge on any atom is -0.461 e. The number of nitrogens with zero attached hydrogens (tertiary/aromatic N) is 2. The summed E-state index contributed by atoms with van der Waals surface area (Å²) >= 11 is 0. The van der Waals surface area contributed by atoms with Gasteiger partial charge < -0.3 is 4.42 Å². The Balaban J connectivity index is 1.27. The van der Waals surface area contributed by atoms with E-state index in [-0.39, 0.29) is 22.9 Å². The van der Waals surface area contributed by atoms with Crippen LogP contribution >= 0.6 is 0 Å². The number of benzene rings is 2. The first kappa shape index (κ1) is 35.7. The van der Waals surface area contributed by atoms with Gasteiger partial charge in [0, 0.05) is 41.8 Å². The van der Waals surface area contributed by atoms with E-state index >= 15 is 0 Å². The first-order valence-corrected chi connectivity index (χ1v) is 18.4. The van der Waals surface area contributed by atoms with Crippen LogP contribution in [0.3, 0.4) is 0 Å². The number of ketones is 2. The number of para-hydroxylation sites is 1. The van der Waals surface area contributed by atoms with E-state index < -0.39 is 0 Å². The molecule has 2 aliphatic heterocycles. The second-order valence-corrected chi connectivity index (χ2v) is 15.3. The number of hydrogen-bond acceptors (Lipinski definition) is 4. The lowest BCUT2D eigenvalue weighted by Gasteiger charge is -2.34. The van der Waals surface area contributed by atoms with Gasteiger partial charge in [0.2, 0.25) is 5.78 Å². The Hall–Kier alpha value is -3.57. The first-order chi connectivity index (χ1) is 23.1. The lowest BCUT2D eigenvalue weighted by Crippen LogP contribution is -2.46. The van der Waals surface area contributed by atoms with E-state index in [0.717, 1.165) is 80.1 Å². The summed E-state index contributed by atoms with van der Waals surface area (Å²) in [7, 11) is 2.39. The molecule has 5 nitrogen and oxygen atoms in total. The minimum atomic E-state index is -0.181. The van der Waals surface area contributed by atoms with Crippen molar-refractivity contribution in [3.63, 3.8) is 0 Å². The highest BCUT2D eigenvalue weighted by Gasteiger charge is 2.31. The quantitative estimate of drug-likeness (QED) is 0.0935. The predicted octanol–water partition coefficient (Wildman–Crippen LogP) is 10.5. The zero-order valence-electron chi connectivity index (χ0n) is 30.1. The molecule has 0 bridgehead atoms. The molecule has 0 aliphatic carbocycles. The van der Waals surface area contributed by atoms with Crippen LogP contribution in [0.2, 0.25) is 0 Å². The average molecular weight is 650 g/mol. The fourth-order valence-corrected chi connectivity index (χ4v) is 8.21. The summed E-state index contributed by atoms with van der Waals surface area (Å²) in [6, 6.07) is 18.8. The number of carbonyl (C=O) groups excluding carboxylic acids is 2. The van der Waals surface area contributed by atoms with Crippen LogP contribution in [0, 0.1) is 24.2 Å². The van der Waals surface area contributed by atoms with Crippen LogP contribution in [0.1, 0.15) is 123 Å². The average Bonchev–Trinajstić information content (AvgIpc) is 3.54. The summed E-state index contributed by atoms with van der Waals surface area (Å²) in [6.45, 7) is 11.0. The highest BCUT2D eigenvalue weighted by molar-refractivity contribution is 5.97. The van der Waals surface area contributed by atoms with Gasteiger partial charge >= 0.3 is 0 Å². The SMILES string of the molecule is CCC(Cc1cc(C(=O)CCCCCC2(C)C=CN=C(C)C2)ccc1CC1CCC[N+](C)(c2ccccc2C)CC1)C(=O)c1ccco1. The molecule has 5 heteroatoms. The van der Waals surface area contributed by atoms with E-state index in [1.165, 1.54) is 35.4 Å². The highest BCUT2D eigenvalue weighted by atomic mass is 16.3. The maximum absolute atomic E-state index is 13.5. The molecule has 1 fully saturated rings. The molecule has 0 spiro atoms. The van der Waals surface area contributed by atoms with Crippen molar-refractivity contribution in [1.82, 2.24) is 4.48 Å². The second-order valence-electron chi connectivity index (χ2n) is 15.3. The summed E-state index contributed by atoms with van der Waals surface area (Å²) < 4.78 is 6.50. The molecule has 0 amide bonds. The molecule has 3 aromatic rings. The van der Waals surface area contributed by atoms with Gasteiger partial charge in [0.1, 0.15) is 5.69 Å².